The molecule has 0 aromatic heterocycles. The average Bonchev–Trinajstić information content (AvgIpc) is 1.98. The fourth-order valence-electron chi connectivity index (χ4n) is 0.844. The van der Waals surface area contributed by atoms with E-state index in [1.807, 2.05) is 11.8 Å². The zero-order valence-corrected chi connectivity index (χ0v) is 7.82. The number of hydrogen-bond acceptors (Lipinski definition) is 3. The molecule has 0 aliphatic carbocycles. The van der Waals surface area contributed by atoms with Gasteiger partial charge < -0.3 is 15.1 Å². The second kappa shape index (κ2) is 5.11. The molecule has 4 heteroatoms. The molecule has 0 radical (unpaired) electrons. The van der Waals surface area contributed by atoms with Gasteiger partial charge in [-0.3, -0.25) is 4.79 Å². The molecule has 2 unspecified atom stereocenters. The van der Waals surface area contributed by atoms with Crippen LogP contribution in [0.3, 0.4) is 0 Å². The van der Waals surface area contributed by atoms with Gasteiger partial charge in [0, 0.05) is 12.6 Å². The monoisotopic (exact) mass is 175 g/mol. The molecule has 0 rings (SSSR count). The highest BCUT2D eigenvalue weighted by Crippen LogP contribution is 2.01. The molecule has 0 heterocycles. The molecule has 0 spiro atoms. The number of carboxylic acids is 1. The fraction of sp³-hybridized carbons (Fsp3) is 0.875. The van der Waals surface area contributed by atoms with E-state index in [0.717, 1.165) is 0 Å². The van der Waals surface area contributed by atoms with Crippen LogP contribution in [0.15, 0.2) is 0 Å². The Morgan fingerprint density at radius 2 is 2.00 bits per heavy atom. The SMILES string of the molecule is CC(O)C(C)N(C)CCC(=O)O. The molecule has 0 aromatic carbocycles. The topological polar surface area (TPSA) is 60.8 Å². The van der Waals surface area contributed by atoms with Crippen LogP contribution < -0.4 is 0 Å². The van der Waals surface area contributed by atoms with Crippen molar-refractivity contribution in [2.24, 2.45) is 0 Å². The molecule has 0 amide bonds. The van der Waals surface area contributed by atoms with Gasteiger partial charge in [0.1, 0.15) is 0 Å². The standard InChI is InChI=1S/C8H17NO3/c1-6(7(2)10)9(3)5-4-8(11)12/h6-7,10H,4-5H2,1-3H3,(H,11,12). The van der Waals surface area contributed by atoms with Crippen molar-refractivity contribution in [3.8, 4) is 0 Å². The van der Waals surface area contributed by atoms with Gasteiger partial charge in [-0.1, -0.05) is 0 Å². The van der Waals surface area contributed by atoms with Crippen molar-refractivity contribution in [1.82, 2.24) is 4.90 Å². The van der Waals surface area contributed by atoms with E-state index >= 15 is 0 Å². The molecule has 0 aliphatic rings. The number of hydrogen-bond donors (Lipinski definition) is 2. The molecule has 12 heavy (non-hydrogen) atoms. The second-order valence-electron chi connectivity index (χ2n) is 3.11. The van der Waals surface area contributed by atoms with Crippen LogP contribution in [0.5, 0.6) is 0 Å². The highest BCUT2D eigenvalue weighted by atomic mass is 16.4. The van der Waals surface area contributed by atoms with E-state index in [0.29, 0.717) is 6.54 Å². The Balaban J connectivity index is 3.71. The molecular weight excluding hydrogens is 158 g/mol. The summed E-state index contributed by atoms with van der Waals surface area (Å²) in [5.74, 6) is -0.806. The zero-order chi connectivity index (χ0) is 9.72. The largest absolute Gasteiger partial charge is 0.481 e. The van der Waals surface area contributed by atoms with E-state index in [4.69, 9.17) is 10.2 Å². The van der Waals surface area contributed by atoms with Gasteiger partial charge in [-0.15, -0.1) is 0 Å². The number of nitrogens with zero attached hydrogens (tertiary/aromatic N) is 1. The molecule has 0 saturated heterocycles. The summed E-state index contributed by atoms with van der Waals surface area (Å²) in [6.07, 6.45) is -0.308. The number of aliphatic hydroxyl groups excluding tert-OH is 1. The quantitative estimate of drug-likeness (QED) is 0.625. The summed E-state index contributed by atoms with van der Waals surface area (Å²) in [6, 6.07) is 0.00403. The highest BCUT2D eigenvalue weighted by molar-refractivity contribution is 5.66. The van der Waals surface area contributed by atoms with Gasteiger partial charge >= 0.3 is 5.97 Å². The Kier molecular flexibility index (Phi) is 4.85. The lowest BCUT2D eigenvalue weighted by molar-refractivity contribution is -0.137. The van der Waals surface area contributed by atoms with E-state index in [1.165, 1.54) is 0 Å². The van der Waals surface area contributed by atoms with E-state index in [2.05, 4.69) is 0 Å². The Morgan fingerprint density at radius 1 is 1.50 bits per heavy atom. The minimum absolute atomic E-state index is 0.00403. The van der Waals surface area contributed by atoms with Gasteiger partial charge in [0.2, 0.25) is 0 Å². The molecular formula is C8H17NO3. The van der Waals surface area contributed by atoms with Gasteiger partial charge in [0.25, 0.3) is 0 Å². The van der Waals surface area contributed by atoms with Crippen LogP contribution in [-0.4, -0.2) is 46.8 Å². The summed E-state index contributed by atoms with van der Waals surface area (Å²) in [5, 5.41) is 17.6. The van der Waals surface area contributed by atoms with Crippen LogP contribution in [-0.2, 0) is 4.79 Å². The normalized spacial score (nSPS) is 16.1. The van der Waals surface area contributed by atoms with E-state index in [1.54, 1.807) is 14.0 Å². The second-order valence-corrected chi connectivity index (χ2v) is 3.11. The van der Waals surface area contributed by atoms with E-state index < -0.39 is 12.1 Å². The third-order valence-electron chi connectivity index (χ3n) is 2.07. The summed E-state index contributed by atoms with van der Waals surface area (Å²) in [7, 11) is 1.81. The zero-order valence-electron chi connectivity index (χ0n) is 7.82. The molecule has 0 fully saturated rings. The number of likely N-dealkylation sites (N-methyl/N-ethyl adjacent to an activating group) is 1. The lowest BCUT2D eigenvalue weighted by Gasteiger charge is -2.26. The van der Waals surface area contributed by atoms with Crippen molar-refractivity contribution in [2.45, 2.75) is 32.4 Å². The van der Waals surface area contributed by atoms with Crippen LogP contribution in [0.4, 0.5) is 0 Å². The van der Waals surface area contributed by atoms with Gasteiger partial charge in [-0.05, 0) is 20.9 Å². The van der Waals surface area contributed by atoms with Crippen molar-refractivity contribution in [1.29, 1.82) is 0 Å². The fourth-order valence-corrected chi connectivity index (χ4v) is 0.844. The van der Waals surface area contributed by atoms with Crippen LogP contribution in [0.1, 0.15) is 20.3 Å². The number of carbonyl (C=O) groups is 1. The lowest BCUT2D eigenvalue weighted by atomic mass is 10.2. The highest BCUT2D eigenvalue weighted by Gasteiger charge is 2.14. The van der Waals surface area contributed by atoms with Crippen molar-refractivity contribution in [3.05, 3.63) is 0 Å². The maximum atomic E-state index is 10.2. The van der Waals surface area contributed by atoms with Crippen molar-refractivity contribution in [2.75, 3.05) is 13.6 Å². The third-order valence-corrected chi connectivity index (χ3v) is 2.07. The summed E-state index contributed by atoms with van der Waals surface area (Å²) in [5.41, 5.74) is 0. The Hall–Kier alpha value is -0.610. The molecule has 4 nitrogen and oxygen atoms in total. The Morgan fingerprint density at radius 3 is 2.33 bits per heavy atom. The smallest absolute Gasteiger partial charge is 0.304 e. The molecule has 0 saturated carbocycles. The Bertz CT molecular complexity index is 147. The van der Waals surface area contributed by atoms with Crippen molar-refractivity contribution in [3.63, 3.8) is 0 Å². The maximum Gasteiger partial charge on any atom is 0.304 e. The summed E-state index contributed by atoms with van der Waals surface area (Å²) < 4.78 is 0. The lowest BCUT2D eigenvalue weighted by Crippen LogP contribution is -2.38. The minimum atomic E-state index is -0.806. The molecule has 0 aromatic rings. The van der Waals surface area contributed by atoms with Gasteiger partial charge in [0.15, 0.2) is 0 Å². The minimum Gasteiger partial charge on any atom is -0.481 e. The molecule has 2 atom stereocenters. The maximum absolute atomic E-state index is 10.2. The summed E-state index contributed by atoms with van der Waals surface area (Å²) >= 11 is 0. The Labute approximate surface area is 72.8 Å². The van der Waals surface area contributed by atoms with E-state index in [-0.39, 0.29) is 12.5 Å². The summed E-state index contributed by atoms with van der Waals surface area (Å²) in [4.78, 5) is 12.0. The molecule has 2 N–H and O–H groups in total. The first-order valence-electron chi connectivity index (χ1n) is 4.05. The van der Waals surface area contributed by atoms with Crippen LogP contribution >= 0.6 is 0 Å². The molecule has 0 aliphatic heterocycles. The van der Waals surface area contributed by atoms with Crippen LogP contribution in [0.2, 0.25) is 0 Å². The van der Waals surface area contributed by atoms with Crippen LogP contribution in [0.25, 0.3) is 0 Å². The first-order chi connectivity index (χ1) is 5.45. The van der Waals surface area contributed by atoms with Crippen LogP contribution in [0, 0.1) is 0 Å². The van der Waals surface area contributed by atoms with Gasteiger partial charge in [0.05, 0.1) is 12.5 Å². The number of carboxylic acid groups (broad SMARTS) is 1. The molecule has 72 valence electrons. The average molecular weight is 175 g/mol. The number of aliphatic hydroxyl groups is 1. The first-order valence-corrected chi connectivity index (χ1v) is 4.05. The van der Waals surface area contributed by atoms with Crippen molar-refractivity contribution < 1.29 is 15.0 Å². The predicted octanol–water partition coefficient (Wildman–Crippen LogP) is 0.162. The predicted molar refractivity (Wildman–Crippen MR) is 46.0 cm³/mol. The third kappa shape index (κ3) is 4.31. The van der Waals surface area contributed by atoms with E-state index in [9.17, 15) is 4.79 Å². The van der Waals surface area contributed by atoms with Gasteiger partial charge in [-0.25, -0.2) is 0 Å². The van der Waals surface area contributed by atoms with Gasteiger partial charge in [-0.2, -0.15) is 0 Å². The number of rotatable bonds is 5. The van der Waals surface area contributed by atoms with Crippen molar-refractivity contribution >= 4 is 5.97 Å². The molecule has 0 bridgehead atoms. The number of aliphatic carboxylic acids is 1. The summed E-state index contributed by atoms with van der Waals surface area (Å²) in [6.45, 7) is 4.04. The first kappa shape index (κ1) is 11.4.